The summed E-state index contributed by atoms with van der Waals surface area (Å²) in [5.41, 5.74) is 6.01. The van der Waals surface area contributed by atoms with Crippen LogP contribution in [0, 0.1) is 6.92 Å². The van der Waals surface area contributed by atoms with Gasteiger partial charge in [0.1, 0.15) is 0 Å². The maximum absolute atomic E-state index is 5.85. The summed E-state index contributed by atoms with van der Waals surface area (Å²) in [6, 6.07) is 27.0. The van der Waals surface area contributed by atoms with Crippen molar-refractivity contribution < 1.29 is 9.47 Å². The quantitative estimate of drug-likeness (QED) is 0.548. The van der Waals surface area contributed by atoms with E-state index in [9.17, 15) is 0 Å². The van der Waals surface area contributed by atoms with Gasteiger partial charge in [0, 0.05) is 0 Å². The largest absolute Gasteiger partial charge is 0.372 e. The summed E-state index contributed by atoms with van der Waals surface area (Å²) in [7, 11) is 0. The van der Waals surface area contributed by atoms with Crippen molar-refractivity contribution in [2.75, 3.05) is 0 Å². The van der Waals surface area contributed by atoms with Crippen LogP contribution in [0.25, 0.3) is 0 Å². The molecule has 0 aliphatic rings. The van der Waals surface area contributed by atoms with Gasteiger partial charge in [-0.1, -0.05) is 84.4 Å². The van der Waals surface area contributed by atoms with Crippen LogP contribution in [-0.2, 0) is 35.9 Å². The molecule has 0 N–H and O–H groups in total. The van der Waals surface area contributed by atoms with Crippen LogP contribution < -0.4 is 0 Å². The maximum atomic E-state index is 5.85. The zero-order valence-corrected chi connectivity index (χ0v) is 14.7. The predicted molar refractivity (Wildman–Crippen MR) is 101 cm³/mol. The second kappa shape index (κ2) is 9.16. The van der Waals surface area contributed by atoms with Crippen LogP contribution in [0.2, 0.25) is 0 Å². The highest BCUT2D eigenvalue weighted by molar-refractivity contribution is 5.29. The van der Waals surface area contributed by atoms with Gasteiger partial charge in [0.05, 0.1) is 26.4 Å². The third-order valence-electron chi connectivity index (χ3n) is 3.96. The molecule has 0 aliphatic heterocycles. The van der Waals surface area contributed by atoms with Gasteiger partial charge >= 0.3 is 0 Å². The fourth-order valence-corrected chi connectivity index (χ4v) is 2.84. The van der Waals surface area contributed by atoms with Crippen LogP contribution in [0.1, 0.15) is 27.8 Å². The summed E-state index contributed by atoms with van der Waals surface area (Å²) in [6.07, 6.45) is 0. The Morgan fingerprint density at radius 1 is 0.520 bits per heavy atom. The van der Waals surface area contributed by atoms with E-state index < -0.39 is 0 Å². The number of hydrogen-bond acceptors (Lipinski definition) is 2. The smallest absolute Gasteiger partial charge is 0.0721 e. The van der Waals surface area contributed by atoms with Crippen molar-refractivity contribution >= 4 is 0 Å². The van der Waals surface area contributed by atoms with E-state index in [4.69, 9.17) is 9.47 Å². The van der Waals surface area contributed by atoms with Gasteiger partial charge in [0.15, 0.2) is 0 Å². The average Bonchev–Trinajstić information content (AvgIpc) is 2.63. The first-order valence-electron chi connectivity index (χ1n) is 8.62. The lowest BCUT2D eigenvalue weighted by Gasteiger charge is -2.10. The molecule has 0 fully saturated rings. The van der Waals surface area contributed by atoms with Crippen LogP contribution in [-0.4, -0.2) is 0 Å². The minimum Gasteiger partial charge on any atom is -0.372 e. The van der Waals surface area contributed by atoms with Gasteiger partial charge < -0.3 is 9.47 Å². The Morgan fingerprint density at radius 2 is 0.920 bits per heavy atom. The lowest BCUT2D eigenvalue weighted by molar-refractivity contribution is 0.103. The molecular formula is C23H24O2. The minimum absolute atomic E-state index is 0.613. The van der Waals surface area contributed by atoms with Crippen LogP contribution in [0.5, 0.6) is 0 Å². The molecule has 2 heteroatoms. The van der Waals surface area contributed by atoms with Crippen LogP contribution in [0.4, 0.5) is 0 Å². The molecule has 3 aromatic carbocycles. The topological polar surface area (TPSA) is 18.5 Å². The van der Waals surface area contributed by atoms with Crippen molar-refractivity contribution in [3.8, 4) is 0 Å². The lowest BCUT2D eigenvalue weighted by Crippen LogP contribution is -1.98. The fourth-order valence-electron chi connectivity index (χ4n) is 2.84. The Morgan fingerprint density at radius 3 is 1.36 bits per heavy atom. The molecule has 0 aromatic heterocycles. The van der Waals surface area contributed by atoms with E-state index in [-0.39, 0.29) is 0 Å². The van der Waals surface area contributed by atoms with Crippen LogP contribution >= 0.6 is 0 Å². The number of ether oxygens (including phenoxy) is 2. The molecule has 0 saturated carbocycles. The van der Waals surface area contributed by atoms with Crippen molar-refractivity contribution in [2.24, 2.45) is 0 Å². The van der Waals surface area contributed by atoms with Crippen LogP contribution in [0.3, 0.4) is 0 Å². The van der Waals surface area contributed by atoms with Crippen LogP contribution in [0.15, 0.2) is 78.9 Å². The Kier molecular flexibility index (Phi) is 6.38. The van der Waals surface area contributed by atoms with Gasteiger partial charge in [0.25, 0.3) is 0 Å². The lowest BCUT2D eigenvalue weighted by atomic mass is 10.1. The Labute approximate surface area is 150 Å². The number of benzene rings is 3. The normalized spacial score (nSPS) is 10.8. The van der Waals surface area contributed by atoms with Crippen molar-refractivity contribution in [1.29, 1.82) is 0 Å². The van der Waals surface area contributed by atoms with E-state index >= 15 is 0 Å². The van der Waals surface area contributed by atoms with Crippen molar-refractivity contribution in [3.05, 3.63) is 107 Å². The molecule has 0 unspecified atom stereocenters. The monoisotopic (exact) mass is 332 g/mol. The minimum atomic E-state index is 0.613. The Balaban J connectivity index is 1.51. The third kappa shape index (κ3) is 5.86. The molecule has 0 saturated heterocycles. The highest BCUT2D eigenvalue weighted by Gasteiger charge is 2.01. The standard InChI is InChI=1S/C23H24O2/c1-19-12-22(17-24-15-20-8-4-2-5-9-20)14-23(13-19)18-25-16-21-10-6-3-7-11-21/h2-14H,15-18H2,1H3. The molecule has 3 aromatic rings. The molecule has 0 radical (unpaired) electrons. The van der Waals surface area contributed by atoms with Gasteiger partial charge in [-0.2, -0.15) is 0 Å². The van der Waals surface area contributed by atoms with E-state index in [1.165, 1.54) is 27.8 Å². The predicted octanol–water partition coefficient (Wildman–Crippen LogP) is 5.43. The molecular weight excluding hydrogens is 308 g/mol. The third-order valence-corrected chi connectivity index (χ3v) is 3.96. The first-order chi connectivity index (χ1) is 12.3. The Hall–Kier alpha value is -2.42. The van der Waals surface area contributed by atoms with E-state index in [2.05, 4.69) is 49.4 Å². The molecule has 0 heterocycles. The number of hydrogen-bond donors (Lipinski definition) is 0. The van der Waals surface area contributed by atoms with Gasteiger partial charge in [-0.05, 0) is 29.2 Å². The second-order valence-electron chi connectivity index (χ2n) is 6.28. The summed E-state index contributed by atoms with van der Waals surface area (Å²) >= 11 is 0. The van der Waals surface area contributed by atoms with Crippen molar-refractivity contribution in [1.82, 2.24) is 0 Å². The molecule has 3 rings (SSSR count). The van der Waals surface area contributed by atoms with Gasteiger partial charge in [-0.25, -0.2) is 0 Å². The summed E-state index contributed by atoms with van der Waals surface area (Å²) < 4.78 is 11.7. The average molecular weight is 332 g/mol. The molecule has 2 nitrogen and oxygen atoms in total. The SMILES string of the molecule is Cc1cc(COCc2ccccc2)cc(COCc2ccccc2)c1. The molecule has 0 aliphatic carbocycles. The van der Waals surface area contributed by atoms with Gasteiger partial charge in [0.2, 0.25) is 0 Å². The van der Waals surface area contributed by atoms with Crippen molar-refractivity contribution in [2.45, 2.75) is 33.4 Å². The molecule has 25 heavy (non-hydrogen) atoms. The Bertz CT molecular complexity index is 703. The molecule has 0 amide bonds. The van der Waals surface area contributed by atoms with E-state index in [1.54, 1.807) is 0 Å². The number of rotatable bonds is 8. The molecule has 0 spiro atoms. The second-order valence-corrected chi connectivity index (χ2v) is 6.28. The van der Waals surface area contributed by atoms with E-state index in [1.807, 2.05) is 36.4 Å². The molecule has 128 valence electrons. The first-order valence-corrected chi connectivity index (χ1v) is 8.62. The summed E-state index contributed by atoms with van der Waals surface area (Å²) in [5.74, 6) is 0. The highest BCUT2D eigenvalue weighted by atomic mass is 16.5. The molecule has 0 bridgehead atoms. The fraction of sp³-hybridized carbons (Fsp3) is 0.217. The highest BCUT2D eigenvalue weighted by Crippen LogP contribution is 2.14. The zero-order valence-electron chi connectivity index (χ0n) is 14.7. The maximum Gasteiger partial charge on any atom is 0.0721 e. The summed E-state index contributed by atoms with van der Waals surface area (Å²) in [4.78, 5) is 0. The van der Waals surface area contributed by atoms with Gasteiger partial charge in [-0.15, -0.1) is 0 Å². The summed E-state index contributed by atoms with van der Waals surface area (Å²) in [6.45, 7) is 4.61. The van der Waals surface area contributed by atoms with Gasteiger partial charge in [-0.3, -0.25) is 0 Å². The molecule has 0 atom stereocenters. The zero-order chi connectivity index (χ0) is 17.3. The van der Waals surface area contributed by atoms with Crippen molar-refractivity contribution in [3.63, 3.8) is 0 Å². The first kappa shape index (κ1) is 17.4. The van der Waals surface area contributed by atoms with E-state index in [0.717, 1.165) is 0 Å². The summed E-state index contributed by atoms with van der Waals surface area (Å²) in [5, 5.41) is 0. The number of aryl methyl sites for hydroxylation is 1. The van der Waals surface area contributed by atoms with E-state index in [0.29, 0.717) is 26.4 Å².